The van der Waals surface area contributed by atoms with E-state index < -0.39 is 12.2 Å². The molecule has 6 rings (SSSR count). The van der Waals surface area contributed by atoms with Crippen LogP contribution in [-0.2, 0) is 7.05 Å². The fourth-order valence-electron chi connectivity index (χ4n) is 4.81. The molecule has 3 atom stereocenters. The number of ether oxygens (including phenoxy) is 1. The van der Waals surface area contributed by atoms with Crippen molar-refractivity contribution in [3.8, 4) is 22.9 Å². The lowest BCUT2D eigenvalue weighted by Crippen LogP contribution is -2.70. The molecule has 1 aromatic carbocycles. The Hall–Kier alpha value is -3.84. The lowest BCUT2D eigenvalue weighted by molar-refractivity contribution is 0.0112. The number of amides is 1. The van der Waals surface area contributed by atoms with E-state index >= 15 is 0 Å². The summed E-state index contributed by atoms with van der Waals surface area (Å²) >= 11 is 0. The van der Waals surface area contributed by atoms with Crippen molar-refractivity contribution in [3.63, 3.8) is 0 Å². The maximum Gasteiger partial charge on any atom is 0.407 e. The standard InChI is InChI=1S/C23H24N6O4/c1-13(30)12-33-17-6-18(22-19(8-24)26-27(2)20(22)7-17)14-3-4-21(25-9-14)28-10-15-5-16(11-28)29(15)23(31)32/h3-4,6-7,9,13,15-16,30H,5,10-12H2,1-2H3,(H,31,32)/t13-,15?,16?/m1/s1. The number of nitrogens with zero attached hydrogens (tertiary/aromatic N) is 6. The zero-order valence-electron chi connectivity index (χ0n) is 18.3. The first kappa shape index (κ1) is 21.0. The fourth-order valence-corrected chi connectivity index (χ4v) is 4.81. The van der Waals surface area contributed by atoms with Gasteiger partial charge in [-0.05, 0) is 37.1 Å². The third-order valence-corrected chi connectivity index (χ3v) is 6.32. The first-order valence-electron chi connectivity index (χ1n) is 10.8. The van der Waals surface area contributed by atoms with Crippen molar-refractivity contribution in [2.45, 2.75) is 31.5 Å². The van der Waals surface area contributed by atoms with Crippen LogP contribution in [0.4, 0.5) is 10.6 Å². The van der Waals surface area contributed by atoms with Crippen LogP contribution < -0.4 is 9.64 Å². The van der Waals surface area contributed by atoms with E-state index in [2.05, 4.69) is 21.1 Å². The predicted octanol–water partition coefficient (Wildman–Crippen LogP) is 2.21. The van der Waals surface area contributed by atoms with Crippen LogP contribution in [0.15, 0.2) is 30.5 Å². The summed E-state index contributed by atoms with van der Waals surface area (Å²) < 4.78 is 7.39. The minimum absolute atomic E-state index is 0.0127. The average Bonchev–Trinajstić information content (AvgIpc) is 3.12. The average molecular weight is 448 g/mol. The zero-order chi connectivity index (χ0) is 23.3. The number of piperazine rings is 1. The van der Waals surface area contributed by atoms with Crippen LogP contribution in [0.25, 0.3) is 22.0 Å². The summed E-state index contributed by atoms with van der Waals surface area (Å²) in [6.45, 7) is 3.06. The predicted molar refractivity (Wildman–Crippen MR) is 120 cm³/mol. The number of carboxylic acid groups (broad SMARTS) is 1. The molecule has 3 aliphatic heterocycles. The number of benzene rings is 1. The second-order valence-corrected chi connectivity index (χ2v) is 8.65. The summed E-state index contributed by atoms with van der Waals surface area (Å²) in [5.41, 5.74) is 2.65. The van der Waals surface area contributed by atoms with Gasteiger partial charge in [-0.25, -0.2) is 9.78 Å². The van der Waals surface area contributed by atoms with Crippen LogP contribution in [0.2, 0.25) is 0 Å². The largest absolute Gasteiger partial charge is 0.491 e. The number of piperidine rings is 1. The molecule has 10 nitrogen and oxygen atoms in total. The van der Waals surface area contributed by atoms with Crippen molar-refractivity contribution in [1.82, 2.24) is 19.7 Å². The van der Waals surface area contributed by atoms with E-state index in [0.717, 1.165) is 34.3 Å². The van der Waals surface area contributed by atoms with Gasteiger partial charge in [0.1, 0.15) is 24.2 Å². The molecular formula is C23H24N6O4. The van der Waals surface area contributed by atoms with E-state index in [9.17, 15) is 20.3 Å². The van der Waals surface area contributed by atoms with Crippen molar-refractivity contribution in [1.29, 1.82) is 5.26 Å². The van der Waals surface area contributed by atoms with Gasteiger partial charge in [0.25, 0.3) is 0 Å². The number of aromatic nitrogens is 3. The molecule has 2 bridgehead atoms. The van der Waals surface area contributed by atoms with Crippen molar-refractivity contribution in [3.05, 3.63) is 36.2 Å². The van der Waals surface area contributed by atoms with Gasteiger partial charge in [-0.1, -0.05) is 0 Å². The molecule has 170 valence electrons. The molecule has 10 heteroatoms. The third-order valence-electron chi connectivity index (χ3n) is 6.32. The van der Waals surface area contributed by atoms with Crippen LogP contribution in [0.3, 0.4) is 0 Å². The number of anilines is 1. The summed E-state index contributed by atoms with van der Waals surface area (Å²) in [6, 6.07) is 9.70. The van der Waals surface area contributed by atoms with Crippen molar-refractivity contribution < 1.29 is 19.7 Å². The first-order chi connectivity index (χ1) is 15.9. The van der Waals surface area contributed by atoms with Crippen LogP contribution in [0, 0.1) is 11.3 Å². The summed E-state index contributed by atoms with van der Waals surface area (Å²) in [4.78, 5) is 19.6. The lowest BCUT2D eigenvalue weighted by Gasteiger charge is -2.55. The van der Waals surface area contributed by atoms with Crippen LogP contribution >= 0.6 is 0 Å². The number of fused-ring (bicyclic) bond motifs is 3. The minimum atomic E-state index is -0.856. The second-order valence-electron chi connectivity index (χ2n) is 8.65. The number of aliphatic hydroxyl groups is 1. The second kappa shape index (κ2) is 7.94. The van der Waals surface area contributed by atoms with E-state index in [-0.39, 0.29) is 18.7 Å². The first-order valence-corrected chi connectivity index (χ1v) is 10.8. The Labute approximate surface area is 190 Å². The lowest BCUT2D eigenvalue weighted by atomic mass is 9.88. The fraction of sp³-hybridized carbons (Fsp3) is 0.391. The molecule has 2 aromatic heterocycles. The zero-order valence-corrected chi connectivity index (χ0v) is 18.3. The van der Waals surface area contributed by atoms with Gasteiger partial charge >= 0.3 is 6.09 Å². The van der Waals surface area contributed by atoms with E-state index in [0.29, 0.717) is 24.5 Å². The molecule has 33 heavy (non-hydrogen) atoms. The third kappa shape index (κ3) is 3.60. The van der Waals surface area contributed by atoms with Crippen molar-refractivity contribution >= 4 is 22.8 Å². The van der Waals surface area contributed by atoms with Gasteiger partial charge in [-0.2, -0.15) is 10.4 Å². The van der Waals surface area contributed by atoms with Gasteiger partial charge in [0.15, 0.2) is 5.69 Å². The molecule has 3 saturated heterocycles. The molecule has 5 heterocycles. The van der Waals surface area contributed by atoms with E-state index in [1.54, 1.807) is 24.9 Å². The minimum Gasteiger partial charge on any atom is -0.491 e. The molecule has 2 N–H and O–H groups in total. The Bertz CT molecular complexity index is 1250. The highest BCUT2D eigenvalue weighted by atomic mass is 16.5. The maximum absolute atomic E-state index is 11.4. The Morgan fingerprint density at radius 2 is 2.09 bits per heavy atom. The Balaban J connectivity index is 1.47. The number of carbonyl (C=O) groups is 1. The van der Waals surface area contributed by atoms with Crippen LogP contribution in [-0.4, -0.2) is 73.9 Å². The highest BCUT2D eigenvalue weighted by molar-refractivity contribution is 5.99. The van der Waals surface area contributed by atoms with Crippen molar-refractivity contribution in [2.24, 2.45) is 7.05 Å². The number of rotatable bonds is 5. The van der Waals surface area contributed by atoms with Gasteiger partial charge in [0, 0.05) is 43.4 Å². The monoisotopic (exact) mass is 448 g/mol. The molecule has 2 unspecified atom stereocenters. The number of hydrogen-bond donors (Lipinski definition) is 2. The van der Waals surface area contributed by atoms with E-state index in [4.69, 9.17) is 4.74 Å². The summed E-state index contributed by atoms with van der Waals surface area (Å²) in [7, 11) is 1.77. The number of pyridine rings is 1. The topological polar surface area (TPSA) is 128 Å². The van der Waals surface area contributed by atoms with E-state index in [1.165, 1.54) is 4.90 Å². The SMILES string of the molecule is C[C@@H](O)COc1cc(-c2ccc(N3CC4CC(C3)N4C(=O)O)nc2)c2c(C#N)nn(C)c2c1. The van der Waals surface area contributed by atoms with Gasteiger partial charge < -0.3 is 19.8 Å². The molecule has 0 radical (unpaired) electrons. The van der Waals surface area contributed by atoms with Crippen LogP contribution in [0.5, 0.6) is 5.75 Å². The quantitative estimate of drug-likeness (QED) is 0.608. The summed E-state index contributed by atoms with van der Waals surface area (Å²) in [5.74, 6) is 1.36. The molecule has 0 spiro atoms. The number of hydrogen-bond acceptors (Lipinski definition) is 7. The van der Waals surface area contributed by atoms with Gasteiger partial charge in [-0.15, -0.1) is 0 Å². The summed E-state index contributed by atoms with van der Waals surface area (Å²) in [6.07, 6.45) is 1.19. The molecule has 1 amide bonds. The van der Waals surface area contributed by atoms with Gasteiger partial charge in [-0.3, -0.25) is 9.58 Å². The molecule has 0 saturated carbocycles. The van der Waals surface area contributed by atoms with Gasteiger partial charge in [0.2, 0.25) is 0 Å². The Morgan fingerprint density at radius 1 is 1.33 bits per heavy atom. The molecule has 3 aromatic rings. The maximum atomic E-state index is 11.4. The molecule has 3 aliphatic rings. The molecule has 3 fully saturated rings. The highest BCUT2D eigenvalue weighted by Crippen LogP contribution is 2.37. The normalized spacial score (nSPS) is 20.3. The highest BCUT2D eigenvalue weighted by Gasteiger charge is 2.47. The number of nitriles is 1. The molecule has 0 aliphatic carbocycles. The van der Waals surface area contributed by atoms with Gasteiger partial charge in [0.05, 0.1) is 23.7 Å². The Morgan fingerprint density at radius 3 is 2.70 bits per heavy atom. The van der Waals surface area contributed by atoms with Crippen LogP contribution in [0.1, 0.15) is 19.0 Å². The Kier molecular flexibility index (Phi) is 5.06. The number of aryl methyl sites for hydroxylation is 1. The number of aliphatic hydroxyl groups excluding tert-OH is 1. The summed E-state index contributed by atoms with van der Waals surface area (Å²) in [5, 5.41) is 33.6. The smallest absolute Gasteiger partial charge is 0.407 e. The van der Waals surface area contributed by atoms with E-state index in [1.807, 2.05) is 24.3 Å². The van der Waals surface area contributed by atoms with Crippen molar-refractivity contribution in [2.75, 3.05) is 24.6 Å². The molecular weight excluding hydrogens is 424 g/mol.